The van der Waals surface area contributed by atoms with Crippen molar-refractivity contribution in [1.82, 2.24) is 10.3 Å². The molecule has 1 atom stereocenters. The third-order valence-electron chi connectivity index (χ3n) is 5.42. The van der Waals surface area contributed by atoms with Crippen LogP contribution in [0.25, 0.3) is 0 Å². The number of nitrogens with zero attached hydrogens (tertiary/aromatic N) is 1. The number of rotatable bonds is 3. The van der Waals surface area contributed by atoms with E-state index in [0.29, 0.717) is 44.7 Å². The number of Topliss-reactive ketones (excluding diaryl/α,β-unsaturated/α-hetero) is 1. The van der Waals surface area contributed by atoms with Crippen molar-refractivity contribution in [3.8, 4) is 0 Å². The summed E-state index contributed by atoms with van der Waals surface area (Å²) in [6.07, 6.45) is 2.00. The van der Waals surface area contributed by atoms with E-state index in [2.05, 4.69) is 15.6 Å². The van der Waals surface area contributed by atoms with E-state index in [0.717, 1.165) is 24.2 Å². The van der Waals surface area contributed by atoms with Gasteiger partial charge in [0, 0.05) is 50.6 Å². The van der Waals surface area contributed by atoms with Gasteiger partial charge in [-0.1, -0.05) is 35.3 Å². The summed E-state index contributed by atoms with van der Waals surface area (Å²) in [6, 6.07) is 10.6. The van der Waals surface area contributed by atoms with Crippen LogP contribution in [0.2, 0.25) is 10.0 Å². The van der Waals surface area contributed by atoms with Crippen LogP contribution in [0.1, 0.15) is 43.4 Å². The number of hydrogen-bond donors (Lipinski definition) is 2. The number of carbonyl (C=O) groups is 2. The lowest BCUT2D eigenvalue weighted by molar-refractivity contribution is -0.116. The molecule has 2 N–H and O–H groups in total. The predicted octanol–water partition coefficient (Wildman–Crippen LogP) is 5.30. The highest BCUT2D eigenvalue weighted by Gasteiger charge is 2.39. The number of anilines is 1. The van der Waals surface area contributed by atoms with Gasteiger partial charge in [0.2, 0.25) is 0 Å². The van der Waals surface area contributed by atoms with Crippen molar-refractivity contribution >= 4 is 40.7 Å². The Labute approximate surface area is 185 Å². The van der Waals surface area contributed by atoms with Crippen LogP contribution >= 0.6 is 23.2 Å². The number of pyridine rings is 1. The molecule has 1 aromatic heterocycles. The van der Waals surface area contributed by atoms with Crippen molar-refractivity contribution in [2.45, 2.75) is 39.0 Å². The maximum Gasteiger partial charge on any atom is 0.255 e. The summed E-state index contributed by atoms with van der Waals surface area (Å²) in [4.78, 5) is 30.7. The molecule has 5 nitrogen and oxygen atoms in total. The minimum absolute atomic E-state index is 0.0336. The topological polar surface area (TPSA) is 71.1 Å². The monoisotopic (exact) mass is 441 g/mol. The van der Waals surface area contributed by atoms with Crippen molar-refractivity contribution in [1.29, 1.82) is 0 Å². The van der Waals surface area contributed by atoms with Crippen LogP contribution in [0.3, 0.4) is 0 Å². The van der Waals surface area contributed by atoms with Crippen LogP contribution in [0, 0.1) is 6.92 Å². The second kappa shape index (κ2) is 8.25. The van der Waals surface area contributed by atoms with E-state index in [4.69, 9.17) is 23.2 Å². The molecule has 0 saturated carbocycles. The number of nitrogens with one attached hydrogen (secondary N) is 2. The molecule has 2 aromatic rings. The molecule has 1 amide bonds. The van der Waals surface area contributed by atoms with Gasteiger partial charge in [0.15, 0.2) is 5.78 Å². The van der Waals surface area contributed by atoms with Crippen LogP contribution in [-0.4, -0.2) is 16.7 Å². The summed E-state index contributed by atoms with van der Waals surface area (Å²) in [5.41, 5.74) is 4.11. The summed E-state index contributed by atoms with van der Waals surface area (Å²) in [5.74, 6) is -0.398. The Kier molecular flexibility index (Phi) is 5.67. The molecular formula is C23H21Cl2N3O2. The molecule has 30 heavy (non-hydrogen) atoms. The van der Waals surface area contributed by atoms with Crippen LogP contribution in [0.4, 0.5) is 5.82 Å². The fraction of sp³-hybridized carbons (Fsp3) is 0.261. The molecule has 4 rings (SSSR count). The van der Waals surface area contributed by atoms with Gasteiger partial charge in [-0.2, -0.15) is 0 Å². The maximum absolute atomic E-state index is 13.4. The first-order chi connectivity index (χ1) is 14.3. The minimum Gasteiger partial charge on any atom is -0.362 e. The second-order valence-corrected chi connectivity index (χ2v) is 8.39. The number of carbonyl (C=O) groups excluding carboxylic acids is 2. The van der Waals surface area contributed by atoms with Crippen molar-refractivity contribution in [3.63, 3.8) is 0 Å². The summed E-state index contributed by atoms with van der Waals surface area (Å²) in [7, 11) is 0. The normalized spacial score (nSPS) is 18.8. The zero-order valence-electron chi connectivity index (χ0n) is 16.7. The SMILES string of the molecule is CC1=C(C(=O)Nc2cccc(C)n2)[C@@H](c2ccc(Cl)cc2Cl)C2=C(CCCC2=O)N1. The standard InChI is InChI=1S/C23H21Cl2N3O2/c1-12-5-3-8-19(26-12)28-23(30)20-13(2)27-17-6-4-7-18(29)22(17)21(20)15-10-9-14(24)11-16(15)25/h3,5,8-11,21,27H,4,6-7H2,1-2H3,(H,26,28,30)/t21-/m1/s1. The smallest absolute Gasteiger partial charge is 0.255 e. The number of dihydropyridines is 1. The molecule has 2 heterocycles. The molecule has 154 valence electrons. The van der Waals surface area contributed by atoms with Gasteiger partial charge in [0.05, 0.1) is 0 Å². The van der Waals surface area contributed by atoms with Gasteiger partial charge in [0.25, 0.3) is 5.91 Å². The third kappa shape index (κ3) is 3.87. The zero-order valence-corrected chi connectivity index (χ0v) is 18.2. The van der Waals surface area contributed by atoms with Crippen molar-refractivity contribution in [2.75, 3.05) is 5.32 Å². The largest absolute Gasteiger partial charge is 0.362 e. The van der Waals surface area contributed by atoms with E-state index in [9.17, 15) is 9.59 Å². The van der Waals surface area contributed by atoms with E-state index < -0.39 is 5.92 Å². The fourth-order valence-electron chi connectivity index (χ4n) is 4.13. The van der Waals surface area contributed by atoms with E-state index in [-0.39, 0.29) is 11.7 Å². The van der Waals surface area contributed by atoms with Gasteiger partial charge in [0.1, 0.15) is 5.82 Å². The molecule has 0 spiro atoms. The number of amides is 1. The molecule has 0 bridgehead atoms. The summed E-state index contributed by atoms with van der Waals surface area (Å²) in [5, 5.41) is 7.09. The Morgan fingerprint density at radius 1 is 1.17 bits per heavy atom. The number of halogens is 2. The number of aromatic nitrogens is 1. The van der Waals surface area contributed by atoms with E-state index >= 15 is 0 Å². The Morgan fingerprint density at radius 3 is 2.70 bits per heavy atom. The molecule has 7 heteroatoms. The Balaban J connectivity index is 1.82. The first-order valence-electron chi connectivity index (χ1n) is 9.79. The average molecular weight is 442 g/mol. The molecule has 0 fully saturated rings. The molecule has 1 aliphatic heterocycles. The van der Waals surface area contributed by atoms with Crippen molar-refractivity contribution in [2.24, 2.45) is 0 Å². The molecule has 1 aromatic carbocycles. The lowest BCUT2D eigenvalue weighted by Gasteiger charge is -2.34. The van der Waals surface area contributed by atoms with Gasteiger partial charge in [-0.15, -0.1) is 0 Å². The highest BCUT2D eigenvalue weighted by molar-refractivity contribution is 6.35. The van der Waals surface area contributed by atoms with Crippen LogP contribution in [-0.2, 0) is 9.59 Å². The van der Waals surface area contributed by atoms with E-state index in [1.165, 1.54) is 0 Å². The molecule has 1 aliphatic carbocycles. The van der Waals surface area contributed by atoms with Gasteiger partial charge >= 0.3 is 0 Å². The summed E-state index contributed by atoms with van der Waals surface area (Å²) >= 11 is 12.6. The number of hydrogen-bond acceptors (Lipinski definition) is 4. The lowest BCUT2D eigenvalue weighted by atomic mass is 9.75. The zero-order chi connectivity index (χ0) is 21.4. The third-order valence-corrected chi connectivity index (χ3v) is 5.99. The Morgan fingerprint density at radius 2 is 1.97 bits per heavy atom. The molecular weight excluding hydrogens is 421 g/mol. The molecule has 0 saturated heterocycles. The predicted molar refractivity (Wildman–Crippen MR) is 119 cm³/mol. The van der Waals surface area contributed by atoms with Gasteiger partial charge in [-0.05, 0) is 56.5 Å². The van der Waals surface area contributed by atoms with Crippen LogP contribution in [0.15, 0.2) is 58.9 Å². The number of benzene rings is 1. The van der Waals surface area contributed by atoms with Gasteiger partial charge in [-0.3, -0.25) is 9.59 Å². The fourth-order valence-corrected chi connectivity index (χ4v) is 4.64. The van der Waals surface area contributed by atoms with Crippen molar-refractivity contribution in [3.05, 3.63) is 80.2 Å². The number of ketones is 1. The Hall–Kier alpha value is -2.63. The number of allylic oxidation sites excluding steroid dienone is 3. The van der Waals surface area contributed by atoms with Gasteiger partial charge < -0.3 is 10.6 Å². The maximum atomic E-state index is 13.4. The molecule has 0 radical (unpaired) electrons. The highest BCUT2D eigenvalue weighted by atomic mass is 35.5. The van der Waals surface area contributed by atoms with Crippen molar-refractivity contribution < 1.29 is 9.59 Å². The average Bonchev–Trinajstić information content (AvgIpc) is 2.67. The molecule has 0 unspecified atom stereocenters. The Bertz CT molecular complexity index is 1120. The second-order valence-electron chi connectivity index (χ2n) is 7.55. The highest BCUT2D eigenvalue weighted by Crippen LogP contribution is 2.44. The summed E-state index contributed by atoms with van der Waals surface area (Å²) in [6.45, 7) is 3.70. The quantitative estimate of drug-likeness (QED) is 0.677. The van der Waals surface area contributed by atoms with Gasteiger partial charge in [-0.25, -0.2) is 4.98 Å². The van der Waals surface area contributed by atoms with E-state index in [1.54, 1.807) is 24.3 Å². The van der Waals surface area contributed by atoms with Crippen LogP contribution in [0.5, 0.6) is 0 Å². The first kappa shape index (κ1) is 20.6. The summed E-state index contributed by atoms with van der Waals surface area (Å²) < 4.78 is 0. The minimum atomic E-state index is -0.566. The van der Waals surface area contributed by atoms with E-state index in [1.807, 2.05) is 26.0 Å². The lowest BCUT2D eigenvalue weighted by Crippen LogP contribution is -2.35. The van der Waals surface area contributed by atoms with Crippen LogP contribution < -0.4 is 10.6 Å². The molecule has 2 aliphatic rings. The number of aryl methyl sites for hydroxylation is 1. The first-order valence-corrected chi connectivity index (χ1v) is 10.5.